The minimum Gasteiger partial charge on any atom is -0.325 e. The summed E-state index contributed by atoms with van der Waals surface area (Å²) in [5, 5.41) is 0. The third-order valence-corrected chi connectivity index (χ3v) is 9.80. The van der Waals surface area contributed by atoms with Gasteiger partial charge in [0.1, 0.15) is 11.6 Å². The van der Waals surface area contributed by atoms with Crippen LogP contribution in [0.15, 0.2) is 163 Å². The molecule has 2 aromatic heterocycles. The van der Waals surface area contributed by atoms with Crippen molar-refractivity contribution in [3.05, 3.63) is 180 Å². The number of rotatable bonds is 9. The van der Waals surface area contributed by atoms with E-state index in [-0.39, 0.29) is 0 Å². The van der Waals surface area contributed by atoms with Crippen LogP contribution in [0, 0.1) is 6.92 Å². The molecule has 0 radical (unpaired) electrons. The van der Waals surface area contributed by atoms with Gasteiger partial charge in [-0.05, 0) is 69.0 Å². The van der Waals surface area contributed by atoms with Crippen molar-refractivity contribution in [2.75, 3.05) is 0 Å². The van der Waals surface area contributed by atoms with E-state index >= 15 is 0 Å². The monoisotopic (exact) mass is 674 g/mol. The Bertz CT molecular complexity index is 2440. The zero-order chi connectivity index (χ0) is 35.6. The molecule has 6 aromatic carbocycles. The summed E-state index contributed by atoms with van der Waals surface area (Å²) in [6.07, 6.45) is 3.08. The summed E-state index contributed by atoms with van der Waals surface area (Å²) in [5.74, 6) is 1.94. The Labute approximate surface area is 306 Å². The van der Waals surface area contributed by atoms with Crippen molar-refractivity contribution >= 4 is 17.1 Å². The summed E-state index contributed by atoms with van der Waals surface area (Å²) in [4.78, 5) is 10.4. The molecule has 0 aliphatic heterocycles. The zero-order valence-corrected chi connectivity index (χ0v) is 30.2. The molecule has 0 fully saturated rings. The molecule has 0 bridgehead atoms. The minimum absolute atomic E-state index is 0.311. The van der Waals surface area contributed by atoms with Crippen LogP contribution in [0.4, 0.5) is 0 Å². The van der Waals surface area contributed by atoms with Crippen molar-refractivity contribution < 1.29 is 0 Å². The van der Waals surface area contributed by atoms with E-state index in [0.717, 1.165) is 62.7 Å². The molecule has 4 nitrogen and oxygen atoms in total. The van der Waals surface area contributed by atoms with E-state index in [4.69, 9.17) is 9.97 Å². The lowest BCUT2D eigenvalue weighted by Crippen LogP contribution is -2.05. The highest BCUT2D eigenvalue weighted by molar-refractivity contribution is 5.92. The van der Waals surface area contributed by atoms with Crippen LogP contribution in [0.1, 0.15) is 43.8 Å². The fourth-order valence-corrected chi connectivity index (χ4v) is 7.40. The first-order valence-electron chi connectivity index (χ1n) is 18.1. The second-order valence-electron chi connectivity index (χ2n) is 13.8. The molecule has 0 unspecified atom stereocenters. The summed E-state index contributed by atoms with van der Waals surface area (Å²) < 4.78 is 4.70. The maximum absolute atomic E-state index is 5.28. The number of imidazole rings is 2. The first-order valence-corrected chi connectivity index (χ1v) is 18.1. The Morgan fingerprint density at radius 3 is 1.71 bits per heavy atom. The van der Waals surface area contributed by atoms with Crippen molar-refractivity contribution in [2.24, 2.45) is 0 Å². The fourth-order valence-electron chi connectivity index (χ4n) is 7.40. The van der Waals surface area contributed by atoms with E-state index in [0.29, 0.717) is 6.04 Å². The van der Waals surface area contributed by atoms with E-state index in [1.807, 2.05) is 0 Å². The Kier molecular flexibility index (Phi) is 8.97. The third kappa shape index (κ3) is 6.29. The number of nitrogens with zero attached hydrogens (tertiary/aromatic N) is 4. The molecule has 8 aromatic rings. The average Bonchev–Trinajstić information content (AvgIpc) is 3.73. The molecule has 4 heteroatoms. The summed E-state index contributed by atoms with van der Waals surface area (Å²) in [7, 11) is 0. The Balaban J connectivity index is 1.19. The van der Waals surface area contributed by atoms with E-state index in [1.165, 1.54) is 28.0 Å². The summed E-state index contributed by atoms with van der Waals surface area (Å²) >= 11 is 0. The molecule has 52 heavy (non-hydrogen) atoms. The highest BCUT2D eigenvalue weighted by Crippen LogP contribution is 2.40. The lowest BCUT2D eigenvalue weighted by molar-refractivity contribution is 0.592. The highest BCUT2D eigenvalue weighted by Gasteiger charge is 2.21. The summed E-state index contributed by atoms with van der Waals surface area (Å²) in [6.45, 7) is 8.83. The van der Waals surface area contributed by atoms with Crippen LogP contribution in [-0.2, 0) is 6.42 Å². The zero-order valence-electron chi connectivity index (χ0n) is 30.2. The normalized spacial score (nSPS) is 11.8. The van der Waals surface area contributed by atoms with E-state index in [1.54, 1.807) is 0 Å². The molecule has 8 rings (SSSR count). The van der Waals surface area contributed by atoms with E-state index in [2.05, 4.69) is 201 Å². The second kappa shape index (κ2) is 14.2. The number of benzene rings is 6. The maximum atomic E-state index is 5.28. The topological polar surface area (TPSA) is 35.6 Å². The van der Waals surface area contributed by atoms with Gasteiger partial charge in [-0.25, -0.2) is 9.97 Å². The standard InChI is InChI=1S/C48H42N4/c1-33(2)51-35(4)44(50-47(51)39-21-12-7-13-22-39)32-34(3)31-36-27-29-40(30-28-36)48-49-43-25-14-15-26-45(43)52(48)46-41(37-17-8-5-9-18-37)23-16-24-42(46)38-19-10-6-11-20-38/h5-30,32-33H,31H2,1-4H3. The SMILES string of the molecule is CC(=Cc1nc(-c2ccccc2)n(C(C)C)c1C)Cc1ccc(-c2nc3ccccc3n2-c2c(-c3ccccc3)cccc2-c2ccccc2)cc1. The first-order chi connectivity index (χ1) is 25.5. The molecule has 2 heterocycles. The van der Waals surface area contributed by atoms with Crippen LogP contribution in [0.2, 0.25) is 0 Å². The lowest BCUT2D eigenvalue weighted by atomic mass is 9.95. The molecule has 0 aliphatic carbocycles. The van der Waals surface area contributed by atoms with Crippen molar-refractivity contribution in [1.29, 1.82) is 0 Å². The largest absolute Gasteiger partial charge is 0.325 e. The van der Waals surface area contributed by atoms with Gasteiger partial charge in [-0.2, -0.15) is 0 Å². The second-order valence-corrected chi connectivity index (χ2v) is 13.8. The van der Waals surface area contributed by atoms with Gasteiger partial charge < -0.3 is 4.57 Å². The average molecular weight is 675 g/mol. The van der Waals surface area contributed by atoms with Crippen molar-refractivity contribution in [1.82, 2.24) is 19.1 Å². The van der Waals surface area contributed by atoms with Gasteiger partial charge in [-0.15, -0.1) is 0 Å². The molecule has 254 valence electrons. The van der Waals surface area contributed by atoms with Crippen LogP contribution in [0.3, 0.4) is 0 Å². The van der Waals surface area contributed by atoms with Gasteiger partial charge >= 0.3 is 0 Å². The van der Waals surface area contributed by atoms with Gasteiger partial charge in [-0.1, -0.05) is 151 Å². The summed E-state index contributed by atoms with van der Waals surface area (Å²) in [6, 6.07) is 56.1. The van der Waals surface area contributed by atoms with Crippen LogP contribution >= 0.6 is 0 Å². The molecule has 0 atom stereocenters. The molecule has 0 saturated heterocycles. The highest BCUT2D eigenvalue weighted by atomic mass is 15.1. The smallest absolute Gasteiger partial charge is 0.145 e. The van der Waals surface area contributed by atoms with Gasteiger partial charge in [0.25, 0.3) is 0 Å². The third-order valence-electron chi connectivity index (χ3n) is 9.80. The Morgan fingerprint density at radius 2 is 1.12 bits per heavy atom. The number of hydrogen-bond acceptors (Lipinski definition) is 2. The van der Waals surface area contributed by atoms with Gasteiger partial charge in [0.15, 0.2) is 0 Å². The van der Waals surface area contributed by atoms with Gasteiger partial charge in [-0.3, -0.25) is 4.57 Å². The van der Waals surface area contributed by atoms with Gasteiger partial charge in [0.05, 0.1) is 22.4 Å². The van der Waals surface area contributed by atoms with Crippen molar-refractivity contribution in [3.63, 3.8) is 0 Å². The summed E-state index contributed by atoms with van der Waals surface area (Å²) in [5.41, 5.74) is 14.8. The number of fused-ring (bicyclic) bond motifs is 1. The quantitative estimate of drug-likeness (QED) is 0.153. The predicted molar refractivity (Wildman–Crippen MR) is 218 cm³/mol. The van der Waals surface area contributed by atoms with Gasteiger partial charge in [0.2, 0.25) is 0 Å². The fraction of sp³-hybridized carbons (Fsp3) is 0.125. The molecule has 0 saturated carbocycles. The lowest BCUT2D eigenvalue weighted by Gasteiger charge is -2.19. The van der Waals surface area contributed by atoms with Crippen molar-refractivity contribution in [3.8, 4) is 50.7 Å². The number of aromatic nitrogens is 4. The van der Waals surface area contributed by atoms with E-state index in [9.17, 15) is 0 Å². The number of allylic oxidation sites excluding steroid dienone is 1. The number of hydrogen-bond donors (Lipinski definition) is 0. The van der Waals surface area contributed by atoms with Gasteiger partial charge in [0, 0.05) is 34.0 Å². The Morgan fingerprint density at radius 1 is 0.577 bits per heavy atom. The van der Waals surface area contributed by atoms with Crippen LogP contribution in [-0.4, -0.2) is 19.1 Å². The Hall–Kier alpha value is -6.26. The van der Waals surface area contributed by atoms with Crippen LogP contribution < -0.4 is 0 Å². The molecular formula is C48H42N4. The first kappa shape index (κ1) is 32.9. The number of para-hydroxylation sites is 3. The predicted octanol–water partition coefficient (Wildman–Crippen LogP) is 12.4. The molecule has 0 N–H and O–H groups in total. The van der Waals surface area contributed by atoms with Crippen LogP contribution in [0.5, 0.6) is 0 Å². The molecule has 0 spiro atoms. The minimum atomic E-state index is 0.311. The molecule has 0 aliphatic rings. The van der Waals surface area contributed by atoms with Crippen LogP contribution in [0.25, 0.3) is 67.8 Å². The molecular weight excluding hydrogens is 633 g/mol. The maximum Gasteiger partial charge on any atom is 0.145 e. The van der Waals surface area contributed by atoms with E-state index < -0.39 is 0 Å². The van der Waals surface area contributed by atoms with Crippen molar-refractivity contribution in [2.45, 2.75) is 40.2 Å². The molecule has 0 amide bonds.